The fourth-order valence-corrected chi connectivity index (χ4v) is 2.73. The summed E-state index contributed by atoms with van der Waals surface area (Å²) in [6, 6.07) is 5.34. The molecule has 1 aliphatic rings. The molecule has 2 rings (SSSR count). The lowest BCUT2D eigenvalue weighted by Crippen LogP contribution is -2.35. The van der Waals surface area contributed by atoms with Gasteiger partial charge in [-0.15, -0.1) is 0 Å². The van der Waals surface area contributed by atoms with Crippen molar-refractivity contribution in [3.63, 3.8) is 0 Å². The minimum absolute atomic E-state index is 0.411. The normalized spacial score (nSPS) is 13.9. The zero-order valence-corrected chi connectivity index (χ0v) is 11.2. The van der Waals surface area contributed by atoms with Gasteiger partial charge >= 0.3 is 16.3 Å². The van der Waals surface area contributed by atoms with Gasteiger partial charge in [-0.25, -0.2) is 9.52 Å². The fourth-order valence-electron chi connectivity index (χ4n) is 1.92. The quantitative estimate of drug-likeness (QED) is 0.771. The summed E-state index contributed by atoms with van der Waals surface area (Å²) < 4.78 is 31.7. The molecule has 1 aromatic rings. The van der Waals surface area contributed by atoms with E-state index in [1.54, 1.807) is 16.9 Å². The van der Waals surface area contributed by atoms with Crippen molar-refractivity contribution >= 4 is 27.7 Å². The van der Waals surface area contributed by atoms with Crippen molar-refractivity contribution in [2.45, 2.75) is 12.8 Å². The summed E-state index contributed by atoms with van der Waals surface area (Å²) in [5, 5.41) is 3.15. The number of methoxy groups -OCH3 is 1. The fraction of sp³-hybridized carbons (Fsp3) is 0.364. The summed E-state index contributed by atoms with van der Waals surface area (Å²) >= 11 is 0. The van der Waals surface area contributed by atoms with Gasteiger partial charge in [-0.05, 0) is 24.5 Å². The lowest BCUT2D eigenvalue weighted by molar-refractivity contribution is 0.177. The number of benzene rings is 1. The first kappa shape index (κ1) is 13.5. The van der Waals surface area contributed by atoms with Gasteiger partial charge in [-0.1, -0.05) is 12.1 Å². The van der Waals surface area contributed by atoms with E-state index >= 15 is 0 Å². The minimum Gasteiger partial charge on any atom is -0.452 e. The molecule has 0 aromatic heterocycles. The number of rotatable bonds is 3. The molecule has 3 N–H and O–H groups in total. The molecular weight excluding hydrogens is 270 g/mol. The van der Waals surface area contributed by atoms with E-state index in [0.29, 0.717) is 5.69 Å². The first-order chi connectivity index (χ1) is 9.02. The summed E-state index contributed by atoms with van der Waals surface area (Å²) in [7, 11) is -2.90. The van der Waals surface area contributed by atoms with Gasteiger partial charge in [0.05, 0.1) is 18.5 Å². The Morgan fingerprint density at radius 2 is 2.21 bits per heavy atom. The highest BCUT2D eigenvalue weighted by molar-refractivity contribution is 7.91. The summed E-state index contributed by atoms with van der Waals surface area (Å²) in [6.45, 7) is 0.788. The Kier molecular flexibility index (Phi) is 3.79. The molecule has 1 heterocycles. The summed E-state index contributed by atoms with van der Waals surface area (Å²) in [5.41, 5.74) is 2.21. The number of ether oxygens (including phenoxy) is 1. The predicted octanol–water partition coefficient (Wildman–Crippen LogP) is 1.06. The third kappa shape index (κ3) is 3.28. The van der Waals surface area contributed by atoms with Gasteiger partial charge in [0.15, 0.2) is 0 Å². The van der Waals surface area contributed by atoms with Crippen molar-refractivity contribution in [3.8, 4) is 0 Å². The van der Waals surface area contributed by atoms with E-state index in [9.17, 15) is 13.2 Å². The molecule has 1 aromatic carbocycles. The molecule has 104 valence electrons. The average molecular weight is 285 g/mol. The average Bonchev–Trinajstić information content (AvgIpc) is 2.38. The van der Waals surface area contributed by atoms with E-state index in [-0.39, 0.29) is 0 Å². The molecule has 0 saturated carbocycles. The van der Waals surface area contributed by atoms with Gasteiger partial charge in [0.1, 0.15) is 0 Å². The number of carbonyl (C=O) groups is 1. The Morgan fingerprint density at radius 3 is 2.95 bits per heavy atom. The summed E-state index contributed by atoms with van der Waals surface area (Å²) in [5.74, 6) is 0. The monoisotopic (exact) mass is 285 g/mol. The van der Waals surface area contributed by atoms with Crippen LogP contribution in [0.5, 0.6) is 0 Å². The Labute approximate surface area is 111 Å². The van der Waals surface area contributed by atoms with Crippen LogP contribution in [0.25, 0.3) is 0 Å². The zero-order valence-electron chi connectivity index (χ0n) is 10.4. The van der Waals surface area contributed by atoms with Crippen LogP contribution in [0.2, 0.25) is 0 Å². The zero-order chi connectivity index (χ0) is 13.9. The minimum atomic E-state index is -3.99. The second kappa shape index (κ2) is 5.35. The summed E-state index contributed by atoms with van der Waals surface area (Å²) in [6.07, 6.45) is 0.858. The van der Waals surface area contributed by atoms with Crippen LogP contribution in [-0.4, -0.2) is 28.2 Å². The molecule has 1 amide bonds. The number of para-hydroxylation sites is 1. The largest absolute Gasteiger partial charge is 0.452 e. The Bertz CT molecular complexity index is 586. The van der Waals surface area contributed by atoms with E-state index in [1.165, 1.54) is 0 Å². The van der Waals surface area contributed by atoms with Gasteiger partial charge in [0, 0.05) is 6.54 Å². The van der Waals surface area contributed by atoms with Gasteiger partial charge < -0.3 is 10.1 Å². The van der Waals surface area contributed by atoms with E-state index < -0.39 is 16.3 Å². The van der Waals surface area contributed by atoms with Crippen molar-refractivity contribution < 1.29 is 17.9 Å². The maximum atomic E-state index is 11.7. The molecular formula is C11H15N3O4S. The molecule has 7 nitrogen and oxygen atoms in total. The van der Waals surface area contributed by atoms with Crippen molar-refractivity contribution in [1.82, 2.24) is 4.72 Å². The second-order valence-corrected chi connectivity index (χ2v) is 5.48. The van der Waals surface area contributed by atoms with Gasteiger partial charge in [-0.3, -0.25) is 4.72 Å². The molecule has 19 heavy (non-hydrogen) atoms. The summed E-state index contributed by atoms with van der Waals surface area (Å²) in [4.78, 5) is 10.9. The maximum Gasteiger partial charge on any atom is 0.422 e. The molecule has 8 heteroatoms. The predicted molar refractivity (Wildman–Crippen MR) is 71.3 cm³/mol. The van der Waals surface area contributed by atoms with E-state index in [1.807, 2.05) is 6.07 Å². The maximum absolute atomic E-state index is 11.7. The topological polar surface area (TPSA) is 96.5 Å². The SMILES string of the molecule is COC(=O)NS(=O)(=O)Nc1cccc2c1NCCC2. The second-order valence-electron chi connectivity index (χ2n) is 4.07. The molecule has 0 radical (unpaired) electrons. The molecule has 0 spiro atoms. The number of carbonyl (C=O) groups excluding carboxylic acids is 1. The van der Waals surface area contributed by atoms with Crippen molar-refractivity contribution in [2.24, 2.45) is 0 Å². The Hall–Kier alpha value is -1.96. The van der Waals surface area contributed by atoms with E-state index in [0.717, 1.165) is 37.7 Å². The molecule has 0 unspecified atom stereocenters. The van der Waals surface area contributed by atoms with Crippen LogP contribution < -0.4 is 14.8 Å². The van der Waals surface area contributed by atoms with Crippen LogP contribution in [0.1, 0.15) is 12.0 Å². The van der Waals surface area contributed by atoms with Crippen LogP contribution in [-0.2, 0) is 21.4 Å². The number of nitrogens with one attached hydrogen (secondary N) is 3. The lowest BCUT2D eigenvalue weighted by Gasteiger charge is -2.21. The number of amides is 1. The van der Waals surface area contributed by atoms with E-state index in [4.69, 9.17) is 0 Å². The van der Waals surface area contributed by atoms with Crippen molar-refractivity contribution in [2.75, 3.05) is 23.7 Å². The number of hydrogen-bond donors (Lipinski definition) is 3. The van der Waals surface area contributed by atoms with Gasteiger partial charge in [-0.2, -0.15) is 8.42 Å². The Balaban J connectivity index is 2.22. The van der Waals surface area contributed by atoms with Gasteiger partial charge in [0.25, 0.3) is 0 Å². The van der Waals surface area contributed by atoms with Crippen molar-refractivity contribution in [3.05, 3.63) is 23.8 Å². The van der Waals surface area contributed by atoms with Crippen LogP contribution in [0.15, 0.2) is 18.2 Å². The highest BCUT2D eigenvalue weighted by Crippen LogP contribution is 2.30. The molecule has 0 aliphatic carbocycles. The number of anilines is 2. The standard InChI is InChI=1S/C11H15N3O4S/c1-18-11(15)14-19(16,17)13-9-6-2-4-8-5-3-7-12-10(8)9/h2,4,6,12-13H,3,5,7H2,1H3,(H,14,15). The number of fused-ring (bicyclic) bond motifs is 1. The first-order valence-corrected chi connectivity index (χ1v) is 7.24. The van der Waals surface area contributed by atoms with Crippen LogP contribution in [0.3, 0.4) is 0 Å². The molecule has 1 aliphatic heterocycles. The number of aryl methyl sites for hydroxylation is 1. The lowest BCUT2D eigenvalue weighted by atomic mass is 10.0. The molecule has 0 fully saturated rings. The third-order valence-electron chi connectivity index (χ3n) is 2.72. The van der Waals surface area contributed by atoms with Crippen LogP contribution >= 0.6 is 0 Å². The molecule has 0 saturated heterocycles. The van der Waals surface area contributed by atoms with Crippen molar-refractivity contribution in [1.29, 1.82) is 0 Å². The third-order valence-corrected chi connectivity index (χ3v) is 3.65. The highest BCUT2D eigenvalue weighted by Gasteiger charge is 2.18. The van der Waals surface area contributed by atoms with Crippen LogP contribution in [0, 0.1) is 0 Å². The molecule has 0 atom stereocenters. The smallest absolute Gasteiger partial charge is 0.422 e. The van der Waals surface area contributed by atoms with Crippen LogP contribution in [0.4, 0.5) is 16.2 Å². The highest BCUT2D eigenvalue weighted by atomic mass is 32.2. The van der Waals surface area contributed by atoms with E-state index in [2.05, 4.69) is 14.8 Å². The van der Waals surface area contributed by atoms with Gasteiger partial charge in [0.2, 0.25) is 0 Å². The first-order valence-electron chi connectivity index (χ1n) is 5.76. The molecule has 0 bridgehead atoms. The Morgan fingerprint density at radius 1 is 1.42 bits per heavy atom. The number of hydrogen-bond acceptors (Lipinski definition) is 5.